The third kappa shape index (κ3) is 2.27. The summed E-state index contributed by atoms with van der Waals surface area (Å²) in [6.07, 6.45) is -1.08. The predicted molar refractivity (Wildman–Crippen MR) is 66.3 cm³/mol. The smallest absolute Gasteiger partial charge is 0.132 e. The molecule has 1 unspecified atom stereocenters. The highest BCUT2D eigenvalue weighted by molar-refractivity contribution is 5.37. The number of hydrogen-bond donors (Lipinski definition) is 1. The van der Waals surface area contributed by atoms with Crippen LogP contribution in [0.3, 0.4) is 0 Å². The number of halogens is 2. The molecule has 0 amide bonds. The monoisotopic (exact) mass is 248 g/mol. The van der Waals surface area contributed by atoms with Gasteiger partial charge in [-0.25, -0.2) is 8.78 Å². The molecule has 1 atom stereocenters. The molecule has 3 heteroatoms. The summed E-state index contributed by atoms with van der Waals surface area (Å²) in [7, 11) is 0. The summed E-state index contributed by atoms with van der Waals surface area (Å²) < 4.78 is 26.9. The first-order valence-electron chi connectivity index (χ1n) is 5.70. The van der Waals surface area contributed by atoms with E-state index in [1.807, 2.05) is 19.1 Å². The summed E-state index contributed by atoms with van der Waals surface area (Å²) in [5.41, 5.74) is 1.91. The zero-order valence-corrected chi connectivity index (χ0v) is 10.2. The van der Waals surface area contributed by atoms with Crippen LogP contribution in [0.4, 0.5) is 8.78 Å². The Morgan fingerprint density at radius 1 is 0.889 bits per heavy atom. The van der Waals surface area contributed by atoms with Crippen LogP contribution in [0.5, 0.6) is 0 Å². The van der Waals surface area contributed by atoms with Gasteiger partial charge in [0.15, 0.2) is 0 Å². The Hall–Kier alpha value is -1.74. The van der Waals surface area contributed by atoms with E-state index in [2.05, 4.69) is 0 Å². The van der Waals surface area contributed by atoms with Crippen molar-refractivity contribution >= 4 is 0 Å². The molecule has 0 radical (unpaired) electrons. The van der Waals surface area contributed by atoms with Gasteiger partial charge in [-0.05, 0) is 36.6 Å². The molecule has 0 aliphatic heterocycles. The van der Waals surface area contributed by atoms with Gasteiger partial charge < -0.3 is 5.11 Å². The zero-order chi connectivity index (χ0) is 13.3. The van der Waals surface area contributed by atoms with Crippen LogP contribution in [0.15, 0.2) is 36.4 Å². The molecule has 2 aromatic rings. The van der Waals surface area contributed by atoms with E-state index in [1.54, 1.807) is 19.1 Å². The molecule has 0 heterocycles. The Labute approximate surface area is 105 Å². The van der Waals surface area contributed by atoms with Crippen LogP contribution in [0.2, 0.25) is 0 Å². The summed E-state index contributed by atoms with van der Waals surface area (Å²) >= 11 is 0. The van der Waals surface area contributed by atoms with E-state index in [0.717, 1.165) is 11.6 Å². The first-order valence-corrected chi connectivity index (χ1v) is 5.70. The Kier molecular flexibility index (Phi) is 3.43. The molecule has 0 spiro atoms. The third-order valence-corrected chi connectivity index (χ3v) is 3.06. The fraction of sp³-hybridized carbons (Fsp3) is 0.200. The Morgan fingerprint density at radius 3 is 2.22 bits per heavy atom. The molecule has 0 saturated heterocycles. The van der Waals surface area contributed by atoms with Gasteiger partial charge >= 0.3 is 0 Å². The molecule has 2 aromatic carbocycles. The van der Waals surface area contributed by atoms with Crippen molar-refractivity contribution < 1.29 is 13.9 Å². The van der Waals surface area contributed by atoms with E-state index in [0.29, 0.717) is 11.1 Å². The number of hydrogen-bond acceptors (Lipinski definition) is 1. The van der Waals surface area contributed by atoms with Gasteiger partial charge in [-0.1, -0.05) is 24.3 Å². The van der Waals surface area contributed by atoms with Crippen LogP contribution >= 0.6 is 0 Å². The van der Waals surface area contributed by atoms with Gasteiger partial charge in [0.2, 0.25) is 0 Å². The molecule has 18 heavy (non-hydrogen) atoms. The minimum atomic E-state index is -1.08. The van der Waals surface area contributed by atoms with E-state index in [-0.39, 0.29) is 5.56 Å². The quantitative estimate of drug-likeness (QED) is 0.859. The average Bonchev–Trinajstić information content (AvgIpc) is 2.33. The number of aliphatic hydroxyl groups is 1. The van der Waals surface area contributed by atoms with Gasteiger partial charge in [0.1, 0.15) is 17.7 Å². The molecule has 0 aliphatic rings. The highest BCUT2D eigenvalue weighted by Crippen LogP contribution is 2.28. The van der Waals surface area contributed by atoms with Gasteiger partial charge in [0.05, 0.1) is 0 Å². The van der Waals surface area contributed by atoms with Gasteiger partial charge in [-0.3, -0.25) is 0 Å². The minimum absolute atomic E-state index is 0.100. The Balaban J connectivity index is 2.50. The van der Waals surface area contributed by atoms with E-state index in [4.69, 9.17) is 0 Å². The largest absolute Gasteiger partial charge is 0.384 e. The number of rotatable bonds is 2. The van der Waals surface area contributed by atoms with Crippen molar-refractivity contribution in [3.63, 3.8) is 0 Å². The second-order valence-corrected chi connectivity index (χ2v) is 4.38. The lowest BCUT2D eigenvalue weighted by Crippen LogP contribution is -2.05. The third-order valence-electron chi connectivity index (χ3n) is 3.06. The van der Waals surface area contributed by atoms with Crippen molar-refractivity contribution in [2.75, 3.05) is 0 Å². The van der Waals surface area contributed by atoms with Gasteiger partial charge in [0.25, 0.3) is 0 Å². The maximum Gasteiger partial charge on any atom is 0.132 e. The van der Waals surface area contributed by atoms with Crippen molar-refractivity contribution in [2.24, 2.45) is 0 Å². The predicted octanol–water partition coefficient (Wildman–Crippen LogP) is 3.66. The van der Waals surface area contributed by atoms with Crippen LogP contribution in [0, 0.1) is 25.5 Å². The average molecular weight is 248 g/mol. The van der Waals surface area contributed by atoms with Crippen molar-refractivity contribution in [3.05, 3.63) is 70.3 Å². The number of aliphatic hydroxyl groups excluding tert-OH is 1. The van der Waals surface area contributed by atoms with Gasteiger partial charge in [-0.15, -0.1) is 0 Å². The summed E-state index contributed by atoms with van der Waals surface area (Å²) in [6, 6.07) is 9.36. The van der Waals surface area contributed by atoms with E-state index in [9.17, 15) is 13.9 Å². The van der Waals surface area contributed by atoms with Gasteiger partial charge in [-0.2, -0.15) is 0 Å². The highest BCUT2D eigenvalue weighted by atomic mass is 19.1. The molecule has 2 rings (SSSR count). The van der Waals surface area contributed by atoms with Crippen LogP contribution < -0.4 is 0 Å². The van der Waals surface area contributed by atoms with Crippen LogP contribution in [-0.4, -0.2) is 5.11 Å². The summed E-state index contributed by atoms with van der Waals surface area (Å²) in [5.74, 6) is -1.33. The second kappa shape index (κ2) is 4.86. The molecular formula is C15H14F2O. The van der Waals surface area contributed by atoms with Crippen LogP contribution in [0.25, 0.3) is 0 Å². The summed E-state index contributed by atoms with van der Waals surface area (Å²) in [4.78, 5) is 0. The lowest BCUT2D eigenvalue weighted by molar-refractivity contribution is 0.214. The van der Waals surface area contributed by atoms with Gasteiger partial charge in [0, 0.05) is 11.6 Å². The minimum Gasteiger partial charge on any atom is -0.384 e. The topological polar surface area (TPSA) is 20.2 Å². The molecule has 0 aromatic heterocycles. The van der Waals surface area contributed by atoms with Crippen molar-refractivity contribution in [2.45, 2.75) is 20.0 Å². The first kappa shape index (κ1) is 12.7. The van der Waals surface area contributed by atoms with Crippen molar-refractivity contribution in [3.8, 4) is 0 Å². The first-order chi connectivity index (χ1) is 8.50. The lowest BCUT2D eigenvalue weighted by atomic mass is 9.96. The second-order valence-electron chi connectivity index (χ2n) is 4.38. The fourth-order valence-electron chi connectivity index (χ4n) is 1.95. The molecule has 0 fully saturated rings. The Bertz CT molecular complexity index is 579. The molecule has 0 saturated carbocycles. The molecule has 0 aliphatic carbocycles. The molecular weight excluding hydrogens is 234 g/mol. The SMILES string of the molecule is Cc1cc(C(O)c2ccccc2C)c(F)cc1F. The maximum atomic E-state index is 13.7. The molecule has 1 nitrogen and oxygen atoms in total. The molecule has 1 N–H and O–H groups in total. The van der Waals surface area contributed by atoms with Crippen LogP contribution in [-0.2, 0) is 0 Å². The fourth-order valence-corrected chi connectivity index (χ4v) is 1.95. The summed E-state index contributed by atoms with van der Waals surface area (Å²) in [5, 5.41) is 10.2. The van der Waals surface area contributed by atoms with E-state index >= 15 is 0 Å². The maximum absolute atomic E-state index is 13.7. The molecule has 94 valence electrons. The van der Waals surface area contributed by atoms with Crippen molar-refractivity contribution in [1.29, 1.82) is 0 Å². The lowest BCUT2D eigenvalue weighted by Gasteiger charge is -2.15. The summed E-state index contributed by atoms with van der Waals surface area (Å²) in [6.45, 7) is 3.38. The van der Waals surface area contributed by atoms with E-state index < -0.39 is 17.7 Å². The number of benzene rings is 2. The Morgan fingerprint density at radius 2 is 1.56 bits per heavy atom. The van der Waals surface area contributed by atoms with Crippen molar-refractivity contribution in [1.82, 2.24) is 0 Å². The standard InChI is InChI=1S/C15H14F2O/c1-9-5-3-4-6-11(9)15(18)12-7-10(2)13(16)8-14(12)17/h3-8,15,18H,1-2H3. The normalized spacial score (nSPS) is 12.5. The molecule has 0 bridgehead atoms. The highest BCUT2D eigenvalue weighted by Gasteiger charge is 2.18. The number of aryl methyl sites for hydroxylation is 2. The van der Waals surface area contributed by atoms with E-state index in [1.165, 1.54) is 6.07 Å². The van der Waals surface area contributed by atoms with Crippen LogP contribution in [0.1, 0.15) is 28.4 Å². The zero-order valence-electron chi connectivity index (χ0n) is 10.2.